The van der Waals surface area contributed by atoms with Crippen LogP contribution in [0, 0.1) is 5.92 Å². The van der Waals surface area contributed by atoms with Crippen molar-refractivity contribution in [3.05, 3.63) is 30.3 Å². The number of rotatable bonds is 6. The van der Waals surface area contributed by atoms with Crippen molar-refractivity contribution in [2.24, 2.45) is 11.7 Å². The molecule has 1 fully saturated rings. The van der Waals surface area contributed by atoms with Crippen LogP contribution in [0.25, 0.3) is 0 Å². The molecule has 4 nitrogen and oxygen atoms in total. The Hall–Kier alpha value is -1.55. The van der Waals surface area contributed by atoms with Crippen molar-refractivity contribution < 1.29 is 9.53 Å². The van der Waals surface area contributed by atoms with Gasteiger partial charge in [-0.05, 0) is 31.4 Å². The van der Waals surface area contributed by atoms with Crippen LogP contribution in [0.5, 0.6) is 5.75 Å². The summed E-state index contributed by atoms with van der Waals surface area (Å²) in [6.45, 7) is 1.26. The van der Waals surface area contributed by atoms with Gasteiger partial charge in [-0.15, -0.1) is 0 Å². The fraction of sp³-hybridized carbons (Fsp3) is 0.588. The summed E-state index contributed by atoms with van der Waals surface area (Å²) in [4.78, 5) is 12.2. The molecule has 1 amide bonds. The third-order valence-corrected chi connectivity index (χ3v) is 4.04. The van der Waals surface area contributed by atoms with Gasteiger partial charge < -0.3 is 15.8 Å². The molecular formula is C17H26N2O2. The third-order valence-electron chi connectivity index (χ3n) is 4.04. The number of hydrogen-bond donors (Lipinski definition) is 2. The Morgan fingerprint density at radius 3 is 2.76 bits per heavy atom. The molecular weight excluding hydrogens is 264 g/mol. The molecule has 0 saturated heterocycles. The number of carbonyl (C=O) groups is 1. The molecule has 116 valence electrons. The van der Waals surface area contributed by atoms with Crippen LogP contribution in [0.2, 0.25) is 0 Å². The fourth-order valence-electron chi connectivity index (χ4n) is 2.78. The topological polar surface area (TPSA) is 64.4 Å². The van der Waals surface area contributed by atoms with Crippen LogP contribution in [0.4, 0.5) is 0 Å². The molecule has 3 N–H and O–H groups in total. The van der Waals surface area contributed by atoms with Gasteiger partial charge in [0.05, 0.1) is 12.5 Å². The van der Waals surface area contributed by atoms with Gasteiger partial charge in [0.15, 0.2) is 0 Å². The molecule has 2 unspecified atom stereocenters. The van der Waals surface area contributed by atoms with Crippen molar-refractivity contribution >= 4 is 5.91 Å². The fourth-order valence-corrected chi connectivity index (χ4v) is 2.78. The quantitative estimate of drug-likeness (QED) is 0.625. The van der Waals surface area contributed by atoms with Crippen LogP contribution in [-0.2, 0) is 4.79 Å². The Labute approximate surface area is 127 Å². The van der Waals surface area contributed by atoms with E-state index in [1.807, 2.05) is 30.3 Å². The van der Waals surface area contributed by atoms with Crippen LogP contribution in [0.3, 0.4) is 0 Å². The summed E-state index contributed by atoms with van der Waals surface area (Å²) in [5.74, 6) is 0.973. The molecule has 4 heteroatoms. The second-order valence-corrected chi connectivity index (χ2v) is 5.71. The van der Waals surface area contributed by atoms with Gasteiger partial charge in [-0.2, -0.15) is 0 Å². The third kappa shape index (κ3) is 5.38. The Kier molecular flexibility index (Phi) is 6.54. The van der Waals surface area contributed by atoms with Crippen LogP contribution < -0.4 is 15.8 Å². The highest BCUT2D eigenvalue weighted by molar-refractivity contribution is 5.79. The minimum Gasteiger partial charge on any atom is -0.494 e. The molecule has 1 aromatic carbocycles. The molecule has 1 aromatic rings. The van der Waals surface area contributed by atoms with Gasteiger partial charge in [0, 0.05) is 12.6 Å². The van der Waals surface area contributed by atoms with Gasteiger partial charge in [-0.25, -0.2) is 0 Å². The van der Waals surface area contributed by atoms with Gasteiger partial charge in [0.1, 0.15) is 5.75 Å². The maximum atomic E-state index is 12.2. The van der Waals surface area contributed by atoms with Crippen LogP contribution in [0.15, 0.2) is 30.3 Å². The van der Waals surface area contributed by atoms with E-state index < -0.39 is 0 Å². The number of nitrogens with two attached hydrogens (primary N) is 1. The molecule has 0 aliphatic heterocycles. The average molecular weight is 290 g/mol. The summed E-state index contributed by atoms with van der Waals surface area (Å²) >= 11 is 0. The minimum absolute atomic E-state index is 0.0115. The summed E-state index contributed by atoms with van der Waals surface area (Å²) in [5, 5.41) is 3.00. The van der Waals surface area contributed by atoms with E-state index >= 15 is 0 Å². The summed E-state index contributed by atoms with van der Waals surface area (Å²) in [5.41, 5.74) is 6.10. The Bertz CT molecular complexity index is 422. The first-order valence-electron chi connectivity index (χ1n) is 7.98. The SMILES string of the molecule is NC1CCCCCC1C(=O)NCCCOc1ccccc1. The van der Waals surface area contributed by atoms with Crippen molar-refractivity contribution in [3.63, 3.8) is 0 Å². The standard InChI is InChI=1S/C17H26N2O2/c18-16-11-6-2-5-10-15(16)17(20)19-12-7-13-21-14-8-3-1-4-9-14/h1,3-4,8-9,15-16H,2,5-7,10-13,18H2,(H,19,20). The number of nitrogens with one attached hydrogen (secondary N) is 1. The van der Waals surface area contributed by atoms with E-state index in [1.54, 1.807) is 0 Å². The summed E-state index contributed by atoms with van der Waals surface area (Å²) in [6.07, 6.45) is 6.16. The zero-order chi connectivity index (χ0) is 14.9. The van der Waals surface area contributed by atoms with Crippen molar-refractivity contribution in [2.45, 2.75) is 44.6 Å². The highest BCUT2D eigenvalue weighted by atomic mass is 16.5. The molecule has 0 aromatic heterocycles. The molecule has 0 spiro atoms. The number of benzene rings is 1. The maximum absolute atomic E-state index is 12.2. The Morgan fingerprint density at radius 2 is 1.95 bits per heavy atom. The van der Waals surface area contributed by atoms with E-state index in [-0.39, 0.29) is 17.9 Å². The summed E-state index contributed by atoms with van der Waals surface area (Å²) in [7, 11) is 0. The van der Waals surface area contributed by atoms with E-state index in [9.17, 15) is 4.79 Å². The zero-order valence-electron chi connectivity index (χ0n) is 12.6. The first kappa shape index (κ1) is 15.8. The van der Waals surface area contributed by atoms with E-state index in [0.29, 0.717) is 13.2 Å². The summed E-state index contributed by atoms with van der Waals surface area (Å²) in [6, 6.07) is 9.75. The van der Waals surface area contributed by atoms with E-state index in [2.05, 4.69) is 5.32 Å². The predicted octanol–water partition coefficient (Wildman–Crippen LogP) is 2.48. The number of para-hydroxylation sites is 1. The lowest BCUT2D eigenvalue weighted by atomic mass is 9.94. The van der Waals surface area contributed by atoms with E-state index in [0.717, 1.165) is 37.9 Å². The highest BCUT2D eigenvalue weighted by Gasteiger charge is 2.26. The molecule has 0 radical (unpaired) electrons. The second-order valence-electron chi connectivity index (χ2n) is 5.71. The van der Waals surface area contributed by atoms with Crippen LogP contribution in [0.1, 0.15) is 38.5 Å². The molecule has 1 aliphatic carbocycles. The van der Waals surface area contributed by atoms with Crippen molar-refractivity contribution in [3.8, 4) is 5.75 Å². The van der Waals surface area contributed by atoms with E-state index in [1.165, 1.54) is 6.42 Å². The highest BCUT2D eigenvalue weighted by Crippen LogP contribution is 2.22. The van der Waals surface area contributed by atoms with Gasteiger partial charge in [0.2, 0.25) is 5.91 Å². The number of hydrogen-bond acceptors (Lipinski definition) is 3. The smallest absolute Gasteiger partial charge is 0.224 e. The Morgan fingerprint density at radius 1 is 1.19 bits per heavy atom. The summed E-state index contributed by atoms with van der Waals surface area (Å²) < 4.78 is 5.60. The molecule has 2 atom stereocenters. The normalized spacial score (nSPS) is 22.3. The molecule has 0 heterocycles. The lowest BCUT2D eigenvalue weighted by Crippen LogP contribution is -2.41. The van der Waals surface area contributed by atoms with Gasteiger partial charge in [0.25, 0.3) is 0 Å². The van der Waals surface area contributed by atoms with Crippen molar-refractivity contribution in [1.82, 2.24) is 5.32 Å². The first-order chi connectivity index (χ1) is 10.3. The number of amides is 1. The minimum atomic E-state index is -0.0115. The van der Waals surface area contributed by atoms with Crippen LogP contribution >= 0.6 is 0 Å². The first-order valence-corrected chi connectivity index (χ1v) is 7.98. The van der Waals surface area contributed by atoms with Crippen molar-refractivity contribution in [2.75, 3.05) is 13.2 Å². The maximum Gasteiger partial charge on any atom is 0.224 e. The molecule has 2 rings (SSSR count). The van der Waals surface area contributed by atoms with Gasteiger partial charge in [-0.3, -0.25) is 4.79 Å². The average Bonchev–Trinajstić information content (AvgIpc) is 2.72. The number of carbonyl (C=O) groups excluding carboxylic acids is 1. The molecule has 1 saturated carbocycles. The largest absolute Gasteiger partial charge is 0.494 e. The van der Waals surface area contributed by atoms with Crippen LogP contribution in [-0.4, -0.2) is 25.1 Å². The number of ether oxygens (including phenoxy) is 1. The van der Waals surface area contributed by atoms with Gasteiger partial charge >= 0.3 is 0 Å². The molecule has 21 heavy (non-hydrogen) atoms. The molecule has 0 bridgehead atoms. The van der Waals surface area contributed by atoms with Gasteiger partial charge in [-0.1, -0.05) is 37.5 Å². The lowest BCUT2D eigenvalue weighted by Gasteiger charge is -2.20. The lowest BCUT2D eigenvalue weighted by molar-refractivity contribution is -0.125. The second kappa shape index (κ2) is 8.67. The molecule has 1 aliphatic rings. The Balaban J connectivity index is 1.62. The zero-order valence-corrected chi connectivity index (χ0v) is 12.6. The monoisotopic (exact) mass is 290 g/mol. The van der Waals surface area contributed by atoms with Crippen molar-refractivity contribution in [1.29, 1.82) is 0 Å². The predicted molar refractivity (Wildman–Crippen MR) is 84.1 cm³/mol. The van der Waals surface area contributed by atoms with E-state index in [4.69, 9.17) is 10.5 Å².